The van der Waals surface area contributed by atoms with Crippen LogP contribution in [0.5, 0.6) is 0 Å². The van der Waals surface area contributed by atoms with Gasteiger partial charge < -0.3 is 0 Å². The third kappa shape index (κ3) is 5.42. The molecule has 5 heteroatoms. The van der Waals surface area contributed by atoms with Crippen LogP contribution in [-0.4, -0.2) is 12.2 Å². The minimum absolute atomic E-state index is 0.569. The molecule has 2 aromatic carbocycles. The molecule has 0 fully saturated rings. The smallest absolute Gasteiger partial charge is 0.211 e. The topological polar surface area (TPSA) is 58.9 Å². The Morgan fingerprint density at radius 2 is 1.50 bits per heavy atom. The van der Waals surface area contributed by atoms with E-state index in [2.05, 4.69) is 9.98 Å². The van der Waals surface area contributed by atoms with E-state index in [0.29, 0.717) is 16.4 Å². The highest BCUT2D eigenvalue weighted by Gasteiger charge is 1.90. The van der Waals surface area contributed by atoms with Crippen LogP contribution < -0.4 is 0 Å². The molecule has 0 saturated heterocycles. The molecule has 0 aromatic heterocycles. The molecule has 2 rings (SSSR count). The summed E-state index contributed by atoms with van der Waals surface area (Å²) >= 11 is 5.57. The van der Waals surface area contributed by atoms with Crippen molar-refractivity contribution in [3.8, 4) is 0 Å². The molecule has 100 valence electrons. The predicted molar refractivity (Wildman–Crippen MR) is 78.2 cm³/mol. The van der Waals surface area contributed by atoms with Crippen molar-refractivity contribution >= 4 is 35.1 Å². The molecule has 0 amide bonds. The fourth-order valence-corrected chi connectivity index (χ4v) is 1.43. The van der Waals surface area contributed by atoms with Gasteiger partial charge in [0.25, 0.3) is 0 Å². The number of aliphatic imine (C=N–C) groups is 2. The van der Waals surface area contributed by atoms with Gasteiger partial charge in [0.05, 0.1) is 11.4 Å². The Labute approximate surface area is 121 Å². The van der Waals surface area contributed by atoms with Gasteiger partial charge in [-0.1, -0.05) is 29.8 Å². The molecule has 0 aliphatic heterocycles. The molecule has 0 atom stereocenters. The number of para-hydroxylation sites is 1. The number of carbonyl (C=O) groups excluding carboxylic acids is 2. The van der Waals surface area contributed by atoms with Crippen LogP contribution in [0.2, 0.25) is 5.02 Å². The Balaban J connectivity index is 0.000000200. The first kappa shape index (κ1) is 15.5. The Bertz CT molecular complexity index is 656. The highest BCUT2D eigenvalue weighted by molar-refractivity contribution is 6.30. The van der Waals surface area contributed by atoms with E-state index in [4.69, 9.17) is 11.6 Å². The van der Waals surface area contributed by atoms with E-state index in [1.54, 1.807) is 30.3 Å². The maximum absolute atomic E-state index is 9.83. The lowest BCUT2D eigenvalue weighted by Gasteiger charge is -1.92. The number of rotatable bonds is 2. The molecule has 0 N–H and O–H groups in total. The molecule has 20 heavy (non-hydrogen) atoms. The maximum Gasteiger partial charge on any atom is 0.240 e. The molecule has 0 saturated carbocycles. The van der Waals surface area contributed by atoms with Crippen molar-refractivity contribution < 1.29 is 9.59 Å². The number of hydrogen-bond donors (Lipinski definition) is 0. The first-order valence-corrected chi connectivity index (χ1v) is 6.02. The fourth-order valence-electron chi connectivity index (χ4n) is 1.31. The largest absolute Gasteiger partial charge is 0.240 e. The van der Waals surface area contributed by atoms with Crippen LogP contribution in [0.1, 0.15) is 5.56 Å². The van der Waals surface area contributed by atoms with Gasteiger partial charge in [0.15, 0.2) is 0 Å². The van der Waals surface area contributed by atoms with Crippen LogP contribution >= 0.6 is 11.6 Å². The van der Waals surface area contributed by atoms with E-state index < -0.39 is 0 Å². The number of nitrogens with zero attached hydrogens (tertiary/aromatic N) is 2. The highest BCUT2D eigenvalue weighted by Crippen LogP contribution is 2.15. The summed E-state index contributed by atoms with van der Waals surface area (Å²) in [5.74, 6) is 0. The molecule has 0 radical (unpaired) electrons. The summed E-state index contributed by atoms with van der Waals surface area (Å²) in [5.41, 5.74) is 2.25. The second-order valence-corrected chi connectivity index (χ2v) is 4.11. The van der Waals surface area contributed by atoms with Gasteiger partial charge in [-0.15, -0.1) is 0 Å². The normalized spacial score (nSPS) is 8.50. The third-order valence-electron chi connectivity index (χ3n) is 2.28. The number of hydrogen-bond acceptors (Lipinski definition) is 4. The van der Waals surface area contributed by atoms with Gasteiger partial charge in [-0.25, -0.2) is 9.59 Å². The van der Waals surface area contributed by atoms with Gasteiger partial charge in [0.2, 0.25) is 12.2 Å². The molecule has 0 bridgehead atoms. The summed E-state index contributed by atoms with van der Waals surface area (Å²) in [6.07, 6.45) is 2.94. The van der Waals surface area contributed by atoms with Crippen molar-refractivity contribution in [2.24, 2.45) is 9.98 Å². The second-order valence-electron chi connectivity index (χ2n) is 3.67. The van der Waals surface area contributed by atoms with E-state index in [1.165, 1.54) is 12.2 Å². The molecule has 2 aromatic rings. The molecule has 0 heterocycles. The summed E-state index contributed by atoms with van der Waals surface area (Å²) in [6.45, 7) is 1.90. The van der Waals surface area contributed by atoms with Gasteiger partial charge in [0, 0.05) is 5.02 Å². The van der Waals surface area contributed by atoms with E-state index in [9.17, 15) is 9.59 Å². The Morgan fingerprint density at radius 3 is 2.05 bits per heavy atom. The predicted octanol–water partition coefficient (Wildman–Crippen LogP) is 4.27. The van der Waals surface area contributed by atoms with Gasteiger partial charge >= 0.3 is 0 Å². The number of aryl methyl sites for hydroxylation is 1. The lowest BCUT2D eigenvalue weighted by Crippen LogP contribution is -1.70. The van der Waals surface area contributed by atoms with Gasteiger partial charge in [-0.2, -0.15) is 9.98 Å². The van der Waals surface area contributed by atoms with Crippen molar-refractivity contribution in [3.63, 3.8) is 0 Å². The van der Waals surface area contributed by atoms with Crippen molar-refractivity contribution in [3.05, 3.63) is 59.1 Å². The van der Waals surface area contributed by atoms with Gasteiger partial charge in [-0.3, -0.25) is 0 Å². The highest BCUT2D eigenvalue weighted by atomic mass is 35.5. The summed E-state index contributed by atoms with van der Waals surface area (Å²) in [4.78, 5) is 26.5. The number of halogens is 1. The first-order chi connectivity index (χ1) is 9.67. The van der Waals surface area contributed by atoms with Crippen LogP contribution in [0.3, 0.4) is 0 Å². The molecule has 0 unspecified atom stereocenters. The SMILES string of the molecule is Cc1ccccc1N=C=O.O=C=Nc1ccc(Cl)cc1. The summed E-state index contributed by atoms with van der Waals surface area (Å²) in [7, 11) is 0. The summed E-state index contributed by atoms with van der Waals surface area (Å²) < 4.78 is 0. The zero-order valence-electron chi connectivity index (χ0n) is 10.7. The van der Waals surface area contributed by atoms with Crippen LogP contribution in [0, 0.1) is 6.92 Å². The zero-order chi connectivity index (χ0) is 14.8. The minimum Gasteiger partial charge on any atom is -0.211 e. The van der Waals surface area contributed by atoms with Gasteiger partial charge in [0.1, 0.15) is 0 Å². The average molecular weight is 287 g/mol. The van der Waals surface area contributed by atoms with E-state index in [1.807, 2.05) is 25.1 Å². The summed E-state index contributed by atoms with van der Waals surface area (Å²) in [5, 5.41) is 0.629. The maximum atomic E-state index is 9.83. The molecule has 0 spiro atoms. The average Bonchev–Trinajstić information content (AvgIpc) is 2.45. The van der Waals surface area contributed by atoms with Crippen LogP contribution in [-0.2, 0) is 9.59 Å². The number of benzene rings is 2. The molecule has 0 aliphatic rings. The zero-order valence-corrected chi connectivity index (χ0v) is 11.5. The minimum atomic E-state index is 0.569. The molecule has 0 aliphatic carbocycles. The Morgan fingerprint density at radius 1 is 0.900 bits per heavy atom. The van der Waals surface area contributed by atoms with E-state index >= 15 is 0 Å². The molecule has 4 nitrogen and oxygen atoms in total. The van der Waals surface area contributed by atoms with Crippen LogP contribution in [0.25, 0.3) is 0 Å². The Kier molecular flexibility index (Phi) is 6.66. The van der Waals surface area contributed by atoms with Crippen molar-refractivity contribution in [2.75, 3.05) is 0 Å². The molecular formula is C15H11ClN2O2. The Hall–Kier alpha value is -2.51. The first-order valence-electron chi connectivity index (χ1n) is 5.64. The van der Waals surface area contributed by atoms with E-state index in [-0.39, 0.29) is 0 Å². The van der Waals surface area contributed by atoms with Gasteiger partial charge in [-0.05, 0) is 42.8 Å². The lowest BCUT2D eigenvalue weighted by molar-refractivity contribution is 0.564. The quantitative estimate of drug-likeness (QED) is 0.611. The fraction of sp³-hybridized carbons (Fsp3) is 0.0667. The molecular weight excluding hydrogens is 276 g/mol. The van der Waals surface area contributed by atoms with Crippen LogP contribution in [0.4, 0.5) is 11.4 Å². The van der Waals surface area contributed by atoms with Crippen molar-refractivity contribution in [2.45, 2.75) is 6.92 Å². The van der Waals surface area contributed by atoms with Crippen molar-refractivity contribution in [1.29, 1.82) is 0 Å². The number of isocyanates is 2. The van der Waals surface area contributed by atoms with E-state index in [0.717, 1.165) is 5.56 Å². The monoisotopic (exact) mass is 286 g/mol. The lowest BCUT2D eigenvalue weighted by atomic mass is 10.2. The third-order valence-corrected chi connectivity index (χ3v) is 2.53. The second kappa shape index (κ2) is 8.57. The van der Waals surface area contributed by atoms with Crippen molar-refractivity contribution in [1.82, 2.24) is 0 Å². The van der Waals surface area contributed by atoms with Crippen LogP contribution in [0.15, 0.2) is 58.5 Å². The summed E-state index contributed by atoms with van der Waals surface area (Å²) in [6, 6.07) is 14.0. The standard InChI is InChI=1S/C8H7NO.C7H4ClNO/c1-7-4-2-3-5-8(7)9-6-10;8-6-1-3-7(4-2-6)9-5-10/h2-5H,1H3;1-4H.